The third kappa shape index (κ3) is 2.09. The minimum absolute atomic E-state index is 0.160. The third-order valence-corrected chi connectivity index (χ3v) is 8.31. The highest BCUT2D eigenvalue weighted by Gasteiger charge is 2.62. The maximum atomic E-state index is 13.7. The van der Waals surface area contributed by atoms with Crippen LogP contribution in [-0.4, -0.2) is 16.7 Å². The molecule has 0 radical (unpaired) electrons. The lowest BCUT2D eigenvalue weighted by molar-refractivity contribution is -0.137. The first-order chi connectivity index (χ1) is 14.9. The lowest BCUT2D eigenvalue weighted by atomic mass is 9.44. The first-order valence-electron chi connectivity index (χ1n) is 11.0. The van der Waals surface area contributed by atoms with Crippen molar-refractivity contribution in [2.75, 3.05) is 0 Å². The fourth-order valence-corrected chi connectivity index (χ4v) is 6.41. The number of rotatable bonds is 2. The van der Waals surface area contributed by atoms with Gasteiger partial charge in [0, 0.05) is 10.8 Å². The van der Waals surface area contributed by atoms with Crippen LogP contribution in [0.15, 0.2) is 94.2 Å². The van der Waals surface area contributed by atoms with Crippen molar-refractivity contribution in [1.82, 2.24) is 4.90 Å². The van der Waals surface area contributed by atoms with Crippen LogP contribution < -0.4 is 0 Å². The molecule has 3 nitrogen and oxygen atoms in total. The van der Waals surface area contributed by atoms with Crippen molar-refractivity contribution in [3.8, 4) is 0 Å². The van der Waals surface area contributed by atoms with E-state index in [0.29, 0.717) is 17.7 Å². The van der Waals surface area contributed by atoms with E-state index in [1.54, 1.807) is 0 Å². The standard InChI is InChI=1S/C28H25NO2/c1-17-10-12-18(13-11-17)16-29-25(30)23-21-8-4-6-19-14-15-20-7-5-9-22(24(23)26(29)31)28(20,3)27(19,21)2/h4-13H,14-16H2,1-3H3/t27-,28-/m0/s1. The normalized spacial score (nSPS) is 30.5. The molecule has 4 aliphatic carbocycles. The predicted octanol–water partition coefficient (Wildman–Crippen LogP) is 5.27. The van der Waals surface area contributed by atoms with Gasteiger partial charge in [-0.05, 0) is 36.5 Å². The van der Waals surface area contributed by atoms with Crippen LogP contribution in [0.2, 0.25) is 0 Å². The van der Waals surface area contributed by atoms with E-state index in [4.69, 9.17) is 0 Å². The quantitative estimate of drug-likeness (QED) is 0.627. The predicted molar refractivity (Wildman–Crippen MR) is 121 cm³/mol. The van der Waals surface area contributed by atoms with Gasteiger partial charge >= 0.3 is 0 Å². The summed E-state index contributed by atoms with van der Waals surface area (Å²) in [6.07, 6.45) is 14.7. The maximum absolute atomic E-state index is 13.7. The largest absolute Gasteiger partial charge is 0.270 e. The van der Waals surface area contributed by atoms with Gasteiger partial charge in [-0.2, -0.15) is 0 Å². The number of hydrogen-bond acceptors (Lipinski definition) is 2. The summed E-state index contributed by atoms with van der Waals surface area (Å²) >= 11 is 0. The van der Waals surface area contributed by atoms with Gasteiger partial charge < -0.3 is 0 Å². The number of aryl methyl sites for hydroxylation is 1. The number of nitrogens with zero attached hydrogens (tertiary/aromatic N) is 1. The van der Waals surface area contributed by atoms with Crippen molar-refractivity contribution in [2.24, 2.45) is 10.8 Å². The zero-order valence-electron chi connectivity index (χ0n) is 18.2. The van der Waals surface area contributed by atoms with Crippen molar-refractivity contribution in [1.29, 1.82) is 0 Å². The summed E-state index contributed by atoms with van der Waals surface area (Å²) in [7, 11) is 0. The highest BCUT2D eigenvalue weighted by atomic mass is 16.2. The fourth-order valence-electron chi connectivity index (χ4n) is 6.41. The molecule has 5 aliphatic rings. The molecule has 3 heteroatoms. The molecular weight excluding hydrogens is 382 g/mol. The Kier molecular flexibility index (Phi) is 3.56. The second kappa shape index (κ2) is 5.94. The van der Waals surface area contributed by atoms with Crippen LogP contribution in [0.4, 0.5) is 0 Å². The van der Waals surface area contributed by atoms with Crippen molar-refractivity contribution in [3.63, 3.8) is 0 Å². The summed E-state index contributed by atoms with van der Waals surface area (Å²) in [5.74, 6) is -0.320. The van der Waals surface area contributed by atoms with Gasteiger partial charge in [0.25, 0.3) is 11.8 Å². The number of carbonyl (C=O) groups excluding carboxylic acids is 2. The summed E-state index contributed by atoms with van der Waals surface area (Å²) in [6, 6.07) is 8.04. The summed E-state index contributed by atoms with van der Waals surface area (Å²) < 4.78 is 0. The Hall–Kier alpha value is -3.20. The summed E-state index contributed by atoms with van der Waals surface area (Å²) in [4.78, 5) is 28.9. The molecule has 0 N–H and O–H groups in total. The van der Waals surface area contributed by atoms with Crippen molar-refractivity contribution in [2.45, 2.75) is 40.2 Å². The SMILES string of the molecule is Cc1ccc(CN2C(=O)C3=C4C=CC=C5CCC6=CC=CC(=C3C2=O)[C@@]6(C)[C@@]54C)cc1. The van der Waals surface area contributed by atoms with Crippen LogP contribution in [-0.2, 0) is 16.1 Å². The molecule has 1 heterocycles. The summed E-state index contributed by atoms with van der Waals surface area (Å²) in [6.45, 7) is 6.88. The number of likely N-dealkylation sites (tertiary alicyclic amines) is 1. The molecule has 1 aromatic carbocycles. The Labute approximate surface area is 182 Å². The average Bonchev–Trinajstić information content (AvgIpc) is 2.99. The Balaban J connectivity index is 1.58. The van der Waals surface area contributed by atoms with Gasteiger partial charge in [-0.15, -0.1) is 0 Å². The molecule has 1 saturated heterocycles. The molecular formula is C28H25NO2. The average molecular weight is 408 g/mol. The lowest BCUT2D eigenvalue weighted by Gasteiger charge is -2.58. The molecule has 6 rings (SSSR count). The van der Waals surface area contributed by atoms with Gasteiger partial charge in [0.1, 0.15) is 0 Å². The Morgan fingerprint density at radius 2 is 1.29 bits per heavy atom. The molecule has 2 fully saturated rings. The Morgan fingerprint density at radius 1 is 0.806 bits per heavy atom. The monoisotopic (exact) mass is 407 g/mol. The van der Waals surface area contributed by atoms with Gasteiger partial charge in [-0.3, -0.25) is 14.5 Å². The van der Waals surface area contributed by atoms with Gasteiger partial charge in [0.2, 0.25) is 0 Å². The van der Waals surface area contributed by atoms with Crippen molar-refractivity contribution in [3.05, 3.63) is 105 Å². The fraction of sp³-hybridized carbons (Fsp3) is 0.286. The molecule has 0 spiro atoms. The Bertz CT molecular complexity index is 1190. The van der Waals surface area contributed by atoms with Crippen LogP contribution in [0.25, 0.3) is 0 Å². The number of carbonyl (C=O) groups is 2. The topological polar surface area (TPSA) is 37.4 Å². The van der Waals surface area contributed by atoms with Crippen LogP contribution >= 0.6 is 0 Å². The van der Waals surface area contributed by atoms with Crippen molar-refractivity contribution >= 4 is 11.8 Å². The van der Waals surface area contributed by atoms with E-state index in [0.717, 1.165) is 35.1 Å². The minimum atomic E-state index is -0.305. The zero-order valence-corrected chi connectivity index (χ0v) is 18.2. The van der Waals surface area contributed by atoms with E-state index in [2.05, 4.69) is 50.3 Å². The first-order valence-corrected chi connectivity index (χ1v) is 11.0. The number of hydrogen-bond donors (Lipinski definition) is 0. The van der Waals surface area contributed by atoms with E-state index >= 15 is 0 Å². The Morgan fingerprint density at radius 3 is 1.77 bits per heavy atom. The number of benzene rings is 1. The third-order valence-electron chi connectivity index (χ3n) is 8.31. The van der Waals surface area contributed by atoms with E-state index in [9.17, 15) is 9.59 Å². The highest BCUT2D eigenvalue weighted by Crippen LogP contribution is 2.69. The van der Waals surface area contributed by atoms with Crippen LogP contribution in [0.5, 0.6) is 0 Å². The van der Waals surface area contributed by atoms with Crippen LogP contribution in [0.3, 0.4) is 0 Å². The number of fused-ring (bicyclic) bond motifs is 1. The molecule has 1 saturated carbocycles. The van der Waals surface area contributed by atoms with E-state index < -0.39 is 0 Å². The number of imide groups is 1. The van der Waals surface area contributed by atoms with Gasteiger partial charge in [0.05, 0.1) is 17.7 Å². The van der Waals surface area contributed by atoms with Gasteiger partial charge in [-0.25, -0.2) is 0 Å². The highest BCUT2D eigenvalue weighted by molar-refractivity contribution is 6.26. The lowest BCUT2D eigenvalue weighted by Crippen LogP contribution is -2.50. The molecule has 1 aromatic rings. The molecule has 2 atom stereocenters. The smallest absolute Gasteiger partial charge is 0.262 e. The molecule has 0 aromatic heterocycles. The van der Waals surface area contributed by atoms with Gasteiger partial charge in [0.15, 0.2) is 0 Å². The van der Waals surface area contributed by atoms with E-state index in [1.165, 1.54) is 16.0 Å². The second-order valence-electron chi connectivity index (χ2n) is 9.61. The number of amides is 2. The first kappa shape index (κ1) is 18.6. The van der Waals surface area contributed by atoms with Crippen LogP contribution in [0, 0.1) is 17.8 Å². The molecule has 0 bridgehead atoms. The molecule has 1 aliphatic heterocycles. The second-order valence-corrected chi connectivity index (χ2v) is 9.61. The van der Waals surface area contributed by atoms with E-state index in [1.807, 2.05) is 31.2 Å². The van der Waals surface area contributed by atoms with Crippen molar-refractivity contribution < 1.29 is 9.59 Å². The number of allylic oxidation sites excluding steroid dienone is 10. The zero-order chi connectivity index (χ0) is 21.5. The molecule has 154 valence electrons. The maximum Gasteiger partial charge on any atom is 0.262 e. The molecule has 31 heavy (non-hydrogen) atoms. The summed E-state index contributed by atoms with van der Waals surface area (Å²) in [5.41, 5.74) is 7.49. The van der Waals surface area contributed by atoms with E-state index in [-0.39, 0.29) is 22.6 Å². The molecule has 0 unspecified atom stereocenters. The molecule has 2 amide bonds. The minimum Gasteiger partial charge on any atom is -0.270 e. The van der Waals surface area contributed by atoms with Gasteiger partial charge in [-0.1, -0.05) is 91.3 Å². The summed E-state index contributed by atoms with van der Waals surface area (Å²) in [5, 5.41) is 0. The van der Waals surface area contributed by atoms with Crippen LogP contribution in [0.1, 0.15) is 37.8 Å².